The van der Waals surface area contributed by atoms with Crippen LogP contribution in [0.4, 0.5) is 0 Å². The summed E-state index contributed by atoms with van der Waals surface area (Å²) in [6, 6.07) is 10.3. The first-order valence-corrected chi connectivity index (χ1v) is 8.18. The van der Waals surface area contributed by atoms with Crippen molar-refractivity contribution in [1.82, 2.24) is 25.2 Å². The lowest BCUT2D eigenvalue weighted by atomic mass is 10.1. The highest BCUT2D eigenvalue weighted by molar-refractivity contribution is 5.78. The van der Waals surface area contributed by atoms with Gasteiger partial charge in [-0.2, -0.15) is 0 Å². The van der Waals surface area contributed by atoms with E-state index in [1.54, 1.807) is 0 Å². The fourth-order valence-electron chi connectivity index (χ4n) is 2.80. The molecule has 3 rings (SSSR count). The van der Waals surface area contributed by atoms with Gasteiger partial charge in [0.15, 0.2) is 0 Å². The SMILES string of the molecule is CCC(C)NC(=O)CN1CCc2c(nnn2-c2ccccc2)C1. The zero-order chi connectivity index (χ0) is 16.2. The zero-order valence-corrected chi connectivity index (χ0v) is 13.7. The molecule has 0 saturated carbocycles. The number of carbonyl (C=O) groups is 1. The number of para-hydroxylation sites is 1. The maximum Gasteiger partial charge on any atom is 0.234 e. The van der Waals surface area contributed by atoms with E-state index in [1.807, 2.05) is 41.9 Å². The molecule has 1 aromatic heterocycles. The van der Waals surface area contributed by atoms with Crippen LogP contribution >= 0.6 is 0 Å². The van der Waals surface area contributed by atoms with Crippen LogP contribution in [0.2, 0.25) is 0 Å². The number of benzene rings is 1. The molecule has 1 aliphatic rings. The minimum absolute atomic E-state index is 0.0817. The van der Waals surface area contributed by atoms with Crippen LogP contribution < -0.4 is 5.32 Å². The number of rotatable bonds is 5. The average molecular weight is 313 g/mol. The smallest absolute Gasteiger partial charge is 0.234 e. The van der Waals surface area contributed by atoms with Crippen molar-refractivity contribution in [2.24, 2.45) is 0 Å². The molecule has 1 N–H and O–H groups in total. The Balaban J connectivity index is 1.66. The summed E-state index contributed by atoms with van der Waals surface area (Å²) in [4.78, 5) is 14.2. The van der Waals surface area contributed by atoms with Gasteiger partial charge in [0, 0.05) is 25.6 Å². The predicted octanol–water partition coefficient (Wildman–Crippen LogP) is 1.54. The fourth-order valence-corrected chi connectivity index (χ4v) is 2.80. The van der Waals surface area contributed by atoms with E-state index in [4.69, 9.17) is 0 Å². The quantitative estimate of drug-likeness (QED) is 0.909. The minimum Gasteiger partial charge on any atom is -0.353 e. The molecule has 0 radical (unpaired) electrons. The number of fused-ring (bicyclic) bond motifs is 1. The van der Waals surface area contributed by atoms with E-state index in [9.17, 15) is 4.79 Å². The van der Waals surface area contributed by atoms with Gasteiger partial charge in [-0.3, -0.25) is 9.69 Å². The highest BCUT2D eigenvalue weighted by atomic mass is 16.2. The lowest BCUT2D eigenvalue weighted by Crippen LogP contribution is -2.42. The Bertz CT molecular complexity index is 667. The third kappa shape index (κ3) is 3.59. The first-order valence-electron chi connectivity index (χ1n) is 8.18. The van der Waals surface area contributed by atoms with Crippen LogP contribution in [-0.2, 0) is 17.8 Å². The maximum atomic E-state index is 12.0. The van der Waals surface area contributed by atoms with Crippen LogP contribution in [0.3, 0.4) is 0 Å². The van der Waals surface area contributed by atoms with E-state index < -0.39 is 0 Å². The van der Waals surface area contributed by atoms with Crippen LogP contribution in [0, 0.1) is 0 Å². The third-order valence-corrected chi connectivity index (χ3v) is 4.27. The normalized spacial score (nSPS) is 15.9. The van der Waals surface area contributed by atoms with Gasteiger partial charge in [-0.15, -0.1) is 5.10 Å². The first-order chi connectivity index (χ1) is 11.2. The Labute approximate surface area is 136 Å². The van der Waals surface area contributed by atoms with Gasteiger partial charge in [-0.1, -0.05) is 30.3 Å². The molecule has 1 atom stereocenters. The molecule has 0 saturated heterocycles. The molecule has 6 nitrogen and oxygen atoms in total. The summed E-state index contributed by atoms with van der Waals surface area (Å²) in [5.74, 6) is 0.0817. The number of aromatic nitrogens is 3. The highest BCUT2D eigenvalue weighted by Crippen LogP contribution is 2.19. The Morgan fingerprint density at radius 1 is 1.35 bits per heavy atom. The molecule has 1 unspecified atom stereocenters. The summed E-state index contributed by atoms with van der Waals surface area (Å²) in [5, 5.41) is 11.6. The van der Waals surface area contributed by atoms with Gasteiger partial charge in [0.25, 0.3) is 0 Å². The molecule has 2 aromatic rings. The first kappa shape index (κ1) is 15.7. The van der Waals surface area contributed by atoms with Crippen LogP contribution in [0.1, 0.15) is 31.7 Å². The van der Waals surface area contributed by atoms with Gasteiger partial charge in [-0.05, 0) is 25.5 Å². The monoisotopic (exact) mass is 313 g/mol. The van der Waals surface area contributed by atoms with E-state index >= 15 is 0 Å². The minimum atomic E-state index is 0.0817. The van der Waals surface area contributed by atoms with Crippen molar-refractivity contribution >= 4 is 5.91 Å². The zero-order valence-electron chi connectivity index (χ0n) is 13.7. The predicted molar refractivity (Wildman–Crippen MR) is 88.2 cm³/mol. The van der Waals surface area contributed by atoms with Crippen molar-refractivity contribution in [1.29, 1.82) is 0 Å². The van der Waals surface area contributed by atoms with Crippen molar-refractivity contribution in [3.8, 4) is 5.69 Å². The van der Waals surface area contributed by atoms with Crippen LogP contribution in [0.25, 0.3) is 5.69 Å². The largest absolute Gasteiger partial charge is 0.353 e. The van der Waals surface area contributed by atoms with Crippen LogP contribution in [0.15, 0.2) is 30.3 Å². The summed E-state index contributed by atoms with van der Waals surface area (Å²) >= 11 is 0. The molecular weight excluding hydrogens is 290 g/mol. The second-order valence-corrected chi connectivity index (χ2v) is 6.07. The molecule has 2 heterocycles. The summed E-state index contributed by atoms with van der Waals surface area (Å²) in [6.45, 7) is 6.04. The van der Waals surface area contributed by atoms with E-state index in [0.29, 0.717) is 13.1 Å². The Kier molecular flexibility index (Phi) is 4.71. The lowest BCUT2D eigenvalue weighted by molar-refractivity contribution is -0.123. The molecule has 6 heteroatoms. The number of nitrogens with one attached hydrogen (secondary N) is 1. The van der Waals surface area contributed by atoms with Gasteiger partial charge in [-0.25, -0.2) is 4.68 Å². The Hall–Kier alpha value is -2.21. The molecule has 1 aliphatic heterocycles. The maximum absolute atomic E-state index is 12.0. The standard InChI is InChI=1S/C17H23N5O/c1-3-13(2)18-17(23)12-21-10-9-16-15(11-21)19-20-22(16)14-7-5-4-6-8-14/h4-8,13H,3,9-12H2,1-2H3,(H,18,23). The fraction of sp³-hybridized carbons (Fsp3) is 0.471. The van der Waals surface area contributed by atoms with Gasteiger partial charge in [0.05, 0.1) is 17.9 Å². The number of hydrogen-bond acceptors (Lipinski definition) is 4. The summed E-state index contributed by atoms with van der Waals surface area (Å²) in [6.07, 6.45) is 1.80. The van der Waals surface area contributed by atoms with Gasteiger partial charge in [0.1, 0.15) is 5.69 Å². The van der Waals surface area contributed by atoms with Crippen LogP contribution in [0.5, 0.6) is 0 Å². The van der Waals surface area contributed by atoms with Crippen molar-refractivity contribution in [2.75, 3.05) is 13.1 Å². The molecular formula is C17H23N5O. The average Bonchev–Trinajstić information content (AvgIpc) is 2.98. The number of nitrogens with zero attached hydrogens (tertiary/aromatic N) is 4. The topological polar surface area (TPSA) is 63.1 Å². The van der Waals surface area contributed by atoms with Gasteiger partial charge < -0.3 is 5.32 Å². The Morgan fingerprint density at radius 3 is 2.87 bits per heavy atom. The number of hydrogen-bond donors (Lipinski definition) is 1. The Morgan fingerprint density at radius 2 is 2.13 bits per heavy atom. The molecule has 122 valence electrons. The second kappa shape index (κ2) is 6.91. The molecule has 0 bridgehead atoms. The third-order valence-electron chi connectivity index (χ3n) is 4.27. The lowest BCUT2D eigenvalue weighted by Gasteiger charge is -2.26. The van der Waals surface area contributed by atoms with E-state index in [-0.39, 0.29) is 11.9 Å². The van der Waals surface area contributed by atoms with Gasteiger partial charge in [0.2, 0.25) is 5.91 Å². The summed E-state index contributed by atoms with van der Waals surface area (Å²) in [7, 11) is 0. The van der Waals surface area contributed by atoms with Gasteiger partial charge >= 0.3 is 0 Å². The molecule has 0 aliphatic carbocycles. The summed E-state index contributed by atoms with van der Waals surface area (Å²) in [5.41, 5.74) is 3.15. The molecule has 23 heavy (non-hydrogen) atoms. The van der Waals surface area contributed by atoms with Crippen molar-refractivity contribution in [3.05, 3.63) is 41.7 Å². The number of carbonyl (C=O) groups excluding carboxylic acids is 1. The highest BCUT2D eigenvalue weighted by Gasteiger charge is 2.24. The second-order valence-electron chi connectivity index (χ2n) is 6.07. The van der Waals surface area contributed by atoms with E-state index in [2.05, 4.69) is 27.5 Å². The number of amides is 1. The van der Waals surface area contributed by atoms with E-state index in [0.717, 1.165) is 36.5 Å². The van der Waals surface area contributed by atoms with Crippen molar-refractivity contribution < 1.29 is 4.79 Å². The molecule has 1 aromatic carbocycles. The summed E-state index contributed by atoms with van der Waals surface area (Å²) < 4.78 is 1.91. The van der Waals surface area contributed by atoms with Crippen molar-refractivity contribution in [2.45, 2.75) is 39.3 Å². The van der Waals surface area contributed by atoms with E-state index in [1.165, 1.54) is 0 Å². The molecule has 0 fully saturated rings. The molecule has 0 spiro atoms. The van der Waals surface area contributed by atoms with Crippen molar-refractivity contribution in [3.63, 3.8) is 0 Å². The molecule has 1 amide bonds. The van der Waals surface area contributed by atoms with Crippen LogP contribution in [-0.4, -0.2) is 44.9 Å².